The van der Waals surface area contributed by atoms with Crippen LogP contribution in [0.1, 0.15) is 0 Å². The van der Waals surface area contributed by atoms with Crippen LogP contribution in [0.3, 0.4) is 0 Å². The third-order valence-electron chi connectivity index (χ3n) is 16.0. The Bertz CT molecular complexity index is 3960. The fourth-order valence-electron chi connectivity index (χ4n) is 13.2. The van der Waals surface area contributed by atoms with Crippen molar-refractivity contribution in [2.45, 2.75) is 0 Å². The molecule has 328 valence electrons. The molecule has 1 unspecified atom stereocenters. The van der Waals surface area contributed by atoms with E-state index in [-0.39, 0.29) is 6.71 Å². The second-order valence-corrected chi connectivity index (χ2v) is 22.9. The van der Waals surface area contributed by atoms with E-state index in [4.69, 9.17) is 9.47 Å². The first kappa shape index (κ1) is 39.0. The van der Waals surface area contributed by atoms with Crippen LogP contribution in [0.4, 0.5) is 17.1 Å². The first-order valence-electron chi connectivity index (χ1n) is 24.6. The van der Waals surface area contributed by atoms with Gasteiger partial charge in [0, 0.05) is 22.3 Å². The molecule has 16 rings (SSSR count). The van der Waals surface area contributed by atoms with Gasteiger partial charge >= 0.3 is 0 Å². The van der Waals surface area contributed by atoms with Gasteiger partial charge in [0.1, 0.15) is 23.0 Å². The van der Waals surface area contributed by atoms with Gasteiger partial charge in [0.05, 0.1) is 11.4 Å². The molecule has 0 amide bonds. The summed E-state index contributed by atoms with van der Waals surface area (Å²) in [5.41, 5.74) is 21.9. The molecule has 1 atom stereocenters. The summed E-state index contributed by atoms with van der Waals surface area (Å²) in [7, 11) is -3.06. The monoisotopic (exact) mass is 917 g/mol. The van der Waals surface area contributed by atoms with Crippen LogP contribution in [0.2, 0.25) is 0 Å². The number of hydrogen-bond donors (Lipinski definition) is 0. The van der Waals surface area contributed by atoms with E-state index in [9.17, 15) is 0 Å². The molecule has 1 spiro atoms. The smallest absolute Gasteiger partial charge is 0.260 e. The zero-order valence-electron chi connectivity index (χ0n) is 38.4. The topological polar surface area (TPSA) is 21.7 Å². The SMILES string of the molecule is c1ccc2c(c1)Oc1cc(-c3cccc4c3[Si]3(c5ccccc5-c5cccc(-c6ccc(N7c8ccccc8-c8ccccc8-c8ccccc87)cc6)c53)c3ccccc3-4)cc3c1B2c1ccccc1O3. The van der Waals surface area contributed by atoms with Crippen molar-refractivity contribution in [3.63, 3.8) is 0 Å². The molecule has 0 aliphatic carbocycles. The molecule has 71 heavy (non-hydrogen) atoms. The predicted octanol–water partition coefficient (Wildman–Crippen LogP) is 12.2. The van der Waals surface area contributed by atoms with E-state index in [1.165, 1.54) is 104 Å². The lowest BCUT2D eigenvalue weighted by molar-refractivity contribution is 0.465. The minimum Gasteiger partial charge on any atom is -0.458 e. The van der Waals surface area contributed by atoms with Gasteiger partial charge in [-0.15, -0.1) is 0 Å². The average molecular weight is 918 g/mol. The van der Waals surface area contributed by atoms with Crippen molar-refractivity contribution in [1.82, 2.24) is 0 Å². The summed E-state index contributed by atoms with van der Waals surface area (Å²) in [6.07, 6.45) is 0. The Kier molecular flexibility index (Phi) is 8.00. The molecule has 0 saturated heterocycles. The maximum Gasteiger partial charge on any atom is 0.260 e. The van der Waals surface area contributed by atoms with Crippen LogP contribution >= 0.6 is 0 Å². The highest BCUT2D eigenvalue weighted by atomic mass is 28.3. The minimum atomic E-state index is -3.06. The predicted molar refractivity (Wildman–Crippen MR) is 296 cm³/mol. The molecule has 5 aliphatic rings. The van der Waals surface area contributed by atoms with E-state index < -0.39 is 8.07 Å². The number of hydrogen-bond acceptors (Lipinski definition) is 3. The lowest BCUT2D eigenvalue weighted by Gasteiger charge is -2.34. The van der Waals surface area contributed by atoms with Crippen molar-refractivity contribution < 1.29 is 9.47 Å². The number of anilines is 3. The summed E-state index contributed by atoms with van der Waals surface area (Å²) < 4.78 is 13.9. The molecule has 5 heteroatoms. The molecule has 0 aromatic heterocycles. The molecule has 0 fully saturated rings. The van der Waals surface area contributed by atoms with E-state index in [1.807, 2.05) is 0 Å². The van der Waals surface area contributed by atoms with E-state index in [1.54, 1.807) is 0 Å². The maximum atomic E-state index is 6.93. The highest BCUT2D eigenvalue weighted by Gasteiger charge is 2.56. The molecule has 5 aliphatic heterocycles. The van der Waals surface area contributed by atoms with Gasteiger partial charge in [-0.1, -0.05) is 194 Å². The highest BCUT2D eigenvalue weighted by Crippen LogP contribution is 2.51. The first-order valence-corrected chi connectivity index (χ1v) is 26.6. The number of para-hydroxylation sites is 4. The van der Waals surface area contributed by atoms with Crippen LogP contribution in [-0.2, 0) is 0 Å². The lowest BCUT2D eigenvalue weighted by atomic mass is 9.35. The van der Waals surface area contributed by atoms with Crippen LogP contribution in [0.5, 0.6) is 23.0 Å². The number of fused-ring (bicyclic) bond motifs is 19. The van der Waals surface area contributed by atoms with Crippen molar-refractivity contribution in [3.8, 4) is 89.8 Å². The molecule has 11 aromatic rings. The summed E-state index contributed by atoms with van der Waals surface area (Å²) in [6.45, 7) is 0.0121. The van der Waals surface area contributed by atoms with E-state index in [0.717, 1.165) is 39.7 Å². The quantitative estimate of drug-likeness (QED) is 0.165. The van der Waals surface area contributed by atoms with Gasteiger partial charge in [0.25, 0.3) is 6.71 Å². The molecular formula is C66H40BNO2Si. The normalized spacial score (nSPS) is 15.3. The summed E-state index contributed by atoms with van der Waals surface area (Å²) in [5, 5.41) is 5.74. The van der Waals surface area contributed by atoms with Crippen molar-refractivity contribution >= 4 is 69.0 Å². The van der Waals surface area contributed by atoms with Gasteiger partial charge in [0.15, 0.2) is 8.07 Å². The van der Waals surface area contributed by atoms with Crippen LogP contribution in [0.15, 0.2) is 243 Å². The van der Waals surface area contributed by atoms with Crippen LogP contribution < -0.4 is 51.5 Å². The first-order chi connectivity index (χ1) is 35.2. The number of nitrogens with zero attached hydrogens (tertiary/aromatic N) is 1. The average Bonchev–Trinajstić information content (AvgIpc) is 3.87. The Hall–Kier alpha value is -8.90. The van der Waals surface area contributed by atoms with Gasteiger partial charge in [-0.05, 0) is 136 Å². The van der Waals surface area contributed by atoms with Crippen LogP contribution in [-0.4, -0.2) is 14.8 Å². The van der Waals surface area contributed by atoms with Gasteiger partial charge in [-0.25, -0.2) is 0 Å². The van der Waals surface area contributed by atoms with Gasteiger partial charge in [-0.2, -0.15) is 0 Å². The Labute approximate surface area is 413 Å². The van der Waals surface area contributed by atoms with Crippen molar-refractivity contribution in [2.24, 2.45) is 0 Å². The van der Waals surface area contributed by atoms with E-state index in [2.05, 4.69) is 248 Å². The van der Waals surface area contributed by atoms with Crippen LogP contribution in [0, 0.1) is 0 Å². The van der Waals surface area contributed by atoms with Gasteiger partial charge < -0.3 is 14.4 Å². The second kappa shape index (κ2) is 14.6. The fraction of sp³-hybridized carbons (Fsp3) is 0. The third-order valence-corrected chi connectivity index (χ3v) is 21.0. The number of ether oxygens (including phenoxy) is 2. The molecule has 11 aromatic carbocycles. The summed E-state index contributed by atoms with van der Waals surface area (Å²) >= 11 is 0. The molecule has 5 heterocycles. The van der Waals surface area contributed by atoms with Gasteiger partial charge in [-0.3, -0.25) is 0 Å². The molecule has 0 saturated carbocycles. The molecular weight excluding hydrogens is 878 g/mol. The molecule has 3 nitrogen and oxygen atoms in total. The second-order valence-electron chi connectivity index (χ2n) is 19.4. The van der Waals surface area contributed by atoms with Crippen molar-refractivity contribution in [1.29, 1.82) is 0 Å². The Morgan fingerprint density at radius 2 is 0.718 bits per heavy atom. The van der Waals surface area contributed by atoms with Gasteiger partial charge in [0.2, 0.25) is 0 Å². The lowest BCUT2D eigenvalue weighted by Crippen LogP contribution is -2.71. The van der Waals surface area contributed by atoms with Crippen molar-refractivity contribution in [3.05, 3.63) is 243 Å². The van der Waals surface area contributed by atoms with E-state index in [0.29, 0.717) is 0 Å². The fourth-order valence-corrected chi connectivity index (χ4v) is 19.3. The number of benzene rings is 11. The molecule has 0 bridgehead atoms. The standard InChI is InChI=1S/C66H40BNO2Si/c1-2-18-47-46(17-1)48-19-3-9-29-56(48)68(57-30-10-4-20-49(47)57)43-37-35-41(36-38-43)44-23-15-25-52-50-21-5-13-33-62(50)71(65(44)52)63-34-14-6-22-51(63)53-26-16-24-45(66(53)71)42-39-60-64-61(40-42)70-59-32-12-8-28-55(59)67(64)54-27-7-11-31-58(54)69-60/h1-40H. The minimum absolute atomic E-state index is 0.0121. The molecule has 0 radical (unpaired) electrons. The Balaban J connectivity index is 0.911. The maximum absolute atomic E-state index is 6.93. The summed E-state index contributed by atoms with van der Waals surface area (Å²) in [5.74, 6) is 3.49. The largest absolute Gasteiger partial charge is 0.458 e. The van der Waals surface area contributed by atoms with Crippen molar-refractivity contribution in [2.75, 3.05) is 4.90 Å². The Morgan fingerprint density at radius 1 is 0.310 bits per heavy atom. The number of rotatable bonds is 3. The Morgan fingerprint density at radius 3 is 1.25 bits per heavy atom. The summed E-state index contributed by atoms with van der Waals surface area (Å²) in [4.78, 5) is 2.45. The van der Waals surface area contributed by atoms with E-state index >= 15 is 0 Å². The highest BCUT2D eigenvalue weighted by molar-refractivity contribution is 7.25. The third kappa shape index (κ3) is 5.23. The zero-order valence-corrected chi connectivity index (χ0v) is 39.4. The molecule has 0 N–H and O–H groups in total. The van der Waals surface area contributed by atoms with Crippen LogP contribution in [0.25, 0.3) is 66.8 Å². The zero-order chi connectivity index (χ0) is 46.4. The summed E-state index contributed by atoms with van der Waals surface area (Å²) in [6, 6.07) is 90.0.